The van der Waals surface area contributed by atoms with Gasteiger partial charge in [0.05, 0.1) is 31.9 Å². The summed E-state index contributed by atoms with van der Waals surface area (Å²) in [6, 6.07) is 20.1. The molecule has 0 fully saturated rings. The number of pyridine rings is 1. The molecule has 35 heavy (non-hydrogen) atoms. The molecule has 0 N–H and O–H groups in total. The van der Waals surface area contributed by atoms with Crippen molar-refractivity contribution in [1.29, 1.82) is 0 Å². The van der Waals surface area contributed by atoms with Gasteiger partial charge in [0.25, 0.3) is 5.91 Å². The molecule has 5 aromatic rings. The van der Waals surface area contributed by atoms with Crippen LogP contribution in [-0.2, 0) is 0 Å². The van der Waals surface area contributed by atoms with Gasteiger partial charge in [-0.25, -0.2) is 9.97 Å². The maximum absolute atomic E-state index is 14.2. The Morgan fingerprint density at radius 1 is 0.943 bits per heavy atom. The normalized spacial score (nSPS) is 11.2. The number of para-hydroxylation sites is 1. The first-order valence-corrected chi connectivity index (χ1v) is 13.0. The van der Waals surface area contributed by atoms with Crippen molar-refractivity contribution in [2.24, 2.45) is 0 Å². The van der Waals surface area contributed by atoms with Gasteiger partial charge in [-0.2, -0.15) is 0 Å². The molecule has 0 atom stereocenters. The highest BCUT2D eigenvalue weighted by molar-refractivity contribution is 7.22. The van der Waals surface area contributed by atoms with Crippen molar-refractivity contribution in [2.45, 2.75) is 13.3 Å². The Morgan fingerprint density at radius 3 is 2.54 bits per heavy atom. The van der Waals surface area contributed by atoms with E-state index in [1.54, 1.807) is 22.7 Å². The first-order chi connectivity index (χ1) is 16.5. The first kappa shape index (κ1) is 25.3. The molecule has 0 aliphatic carbocycles. The number of aromatic nitrogens is 2. The molecular weight excluding hydrogens is 496 g/mol. The number of halogens is 1. The quantitative estimate of drug-likeness (QED) is 0.329. The van der Waals surface area contributed by atoms with Gasteiger partial charge in [0.1, 0.15) is 0 Å². The molecule has 0 saturated heterocycles. The summed E-state index contributed by atoms with van der Waals surface area (Å²) in [7, 11) is 4.10. The van der Waals surface area contributed by atoms with Crippen molar-refractivity contribution in [2.75, 3.05) is 32.1 Å². The van der Waals surface area contributed by atoms with E-state index >= 15 is 0 Å². The largest absolute Gasteiger partial charge is 1.00 e. The average molecular weight is 522 g/mol. The van der Waals surface area contributed by atoms with Gasteiger partial charge in [-0.15, -0.1) is 11.3 Å². The topological polar surface area (TPSA) is 49.3 Å². The number of carbonyl (C=O) groups is 1. The number of hydrogen-bond acceptors (Lipinski definition) is 6. The van der Waals surface area contributed by atoms with Gasteiger partial charge in [-0.3, -0.25) is 9.69 Å². The number of fused-ring (bicyclic) bond motifs is 2. The van der Waals surface area contributed by atoms with Crippen LogP contribution < -0.4 is 17.3 Å². The number of thiazole rings is 1. The lowest BCUT2D eigenvalue weighted by atomic mass is 10.1. The molecule has 1 amide bonds. The Hall–Kier alpha value is -2.84. The number of benzene rings is 2. The Kier molecular flexibility index (Phi) is 7.82. The van der Waals surface area contributed by atoms with Crippen LogP contribution in [0.25, 0.3) is 31.7 Å². The smallest absolute Gasteiger partial charge is 0.260 e. The highest BCUT2D eigenvalue weighted by Crippen LogP contribution is 2.33. The molecule has 8 heteroatoms. The molecule has 0 radical (unpaired) electrons. The van der Waals surface area contributed by atoms with Crippen LogP contribution in [0.2, 0.25) is 0 Å². The van der Waals surface area contributed by atoms with Crippen molar-refractivity contribution in [1.82, 2.24) is 14.9 Å². The zero-order chi connectivity index (χ0) is 23.7. The van der Waals surface area contributed by atoms with Crippen LogP contribution in [0.4, 0.5) is 5.13 Å². The number of anilines is 1. The lowest BCUT2D eigenvalue weighted by Gasteiger charge is -2.22. The zero-order valence-electron chi connectivity index (χ0n) is 19.9. The van der Waals surface area contributed by atoms with Crippen molar-refractivity contribution < 1.29 is 17.2 Å². The fourth-order valence-electron chi connectivity index (χ4n) is 4.01. The van der Waals surface area contributed by atoms with Gasteiger partial charge in [0, 0.05) is 11.9 Å². The summed E-state index contributed by atoms with van der Waals surface area (Å²) in [6.07, 6.45) is 0.856. The van der Waals surface area contributed by atoms with E-state index in [0.717, 1.165) is 49.8 Å². The zero-order valence-corrected chi connectivity index (χ0v) is 22.3. The van der Waals surface area contributed by atoms with E-state index in [-0.39, 0.29) is 18.3 Å². The second kappa shape index (κ2) is 10.8. The number of carbonyl (C=O) groups excluding carboxylic acids is 1. The van der Waals surface area contributed by atoms with Crippen LogP contribution >= 0.6 is 22.7 Å². The van der Waals surface area contributed by atoms with E-state index < -0.39 is 0 Å². The molecule has 0 aliphatic heterocycles. The van der Waals surface area contributed by atoms with Gasteiger partial charge >= 0.3 is 0 Å². The summed E-state index contributed by atoms with van der Waals surface area (Å²) < 4.78 is 1.10. The maximum atomic E-state index is 14.2. The molecule has 3 aromatic heterocycles. The lowest BCUT2D eigenvalue weighted by molar-refractivity contribution is -0.0000145. The first-order valence-electron chi connectivity index (χ1n) is 11.3. The molecule has 5 nitrogen and oxygen atoms in total. The van der Waals surface area contributed by atoms with Crippen LogP contribution in [0, 0.1) is 6.92 Å². The second-order valence-corrected chi connectivity index (χ2v) is 10.6. The van der Waals surface area contributed by atoms with E-state index in [1.165, 1.54) is 5.56 Å². The van der Waals surface area contributed by atoms with Crippen molar-refractivity contribution in [3.63, 3.8) is 0 Å². The summed E-state index contributed by atoms with van der Waals surface area (Å²) in [5.41, 5.74) is 4.42. The number of hydrogen-bond donors (Lipinski definition) is 0. The van der Waals surface area contributed by atoms with Gasteiger partial charge in [-0.1, -0.05) is 41.7 Å². The fraction of sp³-hybridized carbons (Fsp3) is 0.222. The maximum Gasteiger partial charge on any atom is 0.260 e. The van der Waals surface area contributed by atoms with E-state index in [4.69, 9.17) is 9.97 Å². The summed E-state index contributed by atoms with van der Waals surface area (Å²) in [6.45, 7) is 3.57. The Morgan fingerprint density at radius 2 is 1.77 bits per heavy atom. The number of thiophene rings is 1. The SMILES string of the molecule is Cc1ccc2nc(N(CCCN(C)C)C(=O)c3cc(-c4cccs4)nc4ccccc34)sc2c1.[Cl-]. The Labute approximate surface area is 219 Å². The van der Waals surface area contributed by atoms with Gasteiger partial charge in [0.2, 0.25) is 0 Å². The monoisotopic (exact) mass is 521 g/mol. The van der Waals surface area contributed by atoms with Crippen molar-refractivity contribution >= 4 is 54.8 Å². The molecule has 180 valence electrons. The van der Waals surface area contributed by atoms with Crippen LogP contribution in [0.15, 0.2) is 66.0 Å². The van der Waals surface area contributed by atoms with Crippen LogP contribution in [-0.4, -0.2) is 48.0 Å². The molecule has 2 aromatic carbocycles. The minimum Gasteiger partial charge on any atom is -1.00 e. The minimum atomic E-state index is -0.0362. The molecule has 0 aliphatic rings. The van der Waals surface area contributed by atoms with Crippen molar-refractivity contribution in [3.8, 4) is 10.6 Å². The van der Waals surface area contributed by atoms with E-state index in [0.29, 0.717) is 12.1 Å². The summed E-state index contributed by atoms with van der Waals surface area (Å²) >= 11 is 3.20. The third-order valence-corrected chi connectivity index (χ3v) is 7.65. The summed E-state index contributed by atoms with van der Waals surface area (Å²) in [5, 5.41) is 3.63. The minimum absolute atomic E-state index is 0. The van der Waals surface area contributed by atoms with E-state index in [9.17, 15) is 4.79 Å². The summed E-state index contributed by atoms with van der Waals surface area (Å²) in [5.74, 6) is -0.0362. The Balaban J connectivity index is 0.00000289. The third-order valence-electron chi connectivity index (χ3n) is 5.72. The number of aryl methyl sites for hydroxylation is 1. The van der Waals surface area contributed by atoms with Crippen LogP contribution in [0.3, 0.4) is 0 Å². The molecule has 0 bridgehead atoms. The third kappa shape index (κ3) is 5.38. The fourth-order valence-corrected chi connectivity index (χ4v) is 5.79. The van der Waals surface area contributed by atoms with Crippen LogP contribution in [0.5, 0.6) is 0 Å². The highest BCUT2D eigenvalue weighted by atomic mass is 35.5. The van der Waals surface area contributed by atoms with Gasteiger partial charge in [0.15, 0.2) is 5.13 Å². The molecule has 5 rings (SSSR count). The van der Waals surface area contributed by atoms with E-state index in [2.05, 4.69) is 38.1 Å². The van der Waals surface area contributed by atoms with Gasteiger partial charge in [-0.05, 0) is 75.3 Å². The molecule has 3 heterocycles. The highest BCUT2D eigenvalue weighted by Gasteiger charge is 2.24. The number of amides is 1. The molecule has 0 spiro atoms. The lowest BCUT2D eigenvalue weighted by Crippen LogP contribution is -3.00. The second-order valence-electron chi connectivity index (χ2n) is 8.63. The predicted octanol–water partition coefficient (Wildman–Crippen LogP) is 3.48. The summed E-state index contributed by atoms with van der Waals surface area (Å²) in [4.78, 5) is 28.9. The predicted molar refractivity (Wildman–Crippen MR) is 144 cm³/mol. The molecule has 0 unspecified atom stereocenters. The van der Waals surface area contributed by atoms with Gasteiger partial charge < -0.3 is 17.3 Å². The standard InChI is InChI=1S/C27H26N4OS2.ClH/c1-18-11-12-22-25(16-18)34-27(29-22)31(14-7-13-30(2)3)26(32)20-17-23(24-10-6-15-33-24)28-21-9-5-4-8-19(20)21;/h4-6,8-12,15-17H,7,13-14H2,1-3H3;1H/p-1. The molecule has 0 saturated carbocycles. The van der Waals surface area contributed by atoms with Crippen molar-refractivity contribution in [3.05, 3.63) is 77.2 Å². The van der Waals surface area contributed by atoms with E-state index in [1.807, 2.05) is 58.8 Å². The molecular formula is C27H26ClN4OS2-. The number of nitrogens with zero attached hydrogens (tertiary/aromatic N) is 4. The van der Waals surface area contributed by atoms with Crippen LogP contribution in [0.1, 0.15) is 22.3 Å². The number of rotatable bonds is 7. The Bertz CT molecular complexity index is 1460. The average Bonchev–Trinajstić information content (AvgIpc) is 3.50.